The lowest BCUT2D eigenvalue weighted by atomic mass is 9.99. The van der Waals surface area contributed by atoms with Crippen LogP contribution in [0.1, 0.15) is 45.7 Å². The molecule has 7 nitrogen and oxygen atoms in total. The first-order valence-electron chi connectivity index (χ1n) is 10.0. The van der Waals surface area contributed by atoms with Crippen molar-refractivity contribution in [3.63, 3.8) is 0 Å². The Morgan fingerprint density at radius 1 is 1.16 bits per heavy atom. The molecule has 0 aromatic heterocycles. The lowest BCUT2D eigenvalue weighted by molar-refractivity contribution is -0.156. The van der Waals surface area contributed by atoms with Crippen molar-refractivity contribution in [1.82, 2.24) is 9.80 Å². The van der Waals surface area contributed by atoms with Crippen LogP contribution in [0.15, 0.2) is 35.3 Å². The molecule has 0 radical (unpaired) electrons. The molecule has 0 unspecified atom stereocenters. The Balaban J connectivity index is 2.43. The van der Waals surface area contributed by atoms with Gasteiger partial charge in [0.2, 0.25) is 0 Å². The van der Waals surface area contributed by atoms with Crippen molar-refractivity contribution >= 4 is 45.8 Å². The zero-order valence-corrected chi connectivity index (χ0v) is 20.8. The van der Waals surface area contributed by atoms with Crippen LogP contribution in [-0.2, 0) is 14.3 Å². The maximum absolute atomic E-state index is 13.6. The molecule has 3 atom stereocenters. The molecule has 0 saturated carbocycles. The molecule has 1 aliphatic rings. The minimum absolute atomic E-state index is 0.217. The van der Waals surface area contributed by atoms with E-state index in [-0.39, 0.29) is 12.5 Å². The largest absolute Gasteiger partial charge is 0.460 e. The maximum atomic E-state index is 13.6. The van der Waals surface area contributed by atoms with E-state index in [2.05, 4.69) is 4.99 Å². The van der Waals surface area contributed by atoms with Gasteiger partial charge in [-0.15, -0.1) is 23.5 Å². The topological polar surface area (TPSA) is 79.3 Å². The van der Waals surface area contributed by atoms with Gasteiger partial charge in [-0.25, -0.2) is 4.79 Å². The van der Waals surface area contributed by atoms with Crippen LogP contribution in [0.5, 0.6) is 0 Å². The highest BCUT2D eigenvalue weighted by Crippen LogP contribution is 2.35. The van der Waals surface area contributed by atoms with Gasteiger partial charge in [-0.05, 0) is 45.8 Å². The summed E-state index contributed by atoms with van der Waals surface area (Å²) in [4.78, 5) is 46.5. The number of hydrogen-bond donors (Lipinski definition) is 0. The number of benzene rings is 1. The molecular formula is C22H31N3O4S2. The molecule has 1 heterocycles. The van der Waals surface area contributed by atoms with Crippen molar-refractivity contribution in [1.29, 1.82) is 0 Å². The molecule has 0 aliphatic carbocycles. The van der Waals surface area contributed by atoms with Crippen LogP contribution < -0.4 is 0 Å². The number of rotatable bonds is 5. The number of nitrogens with zero attached hydrogens (tertiary/aromatic N) is 3. The summed E-state index contributed by atoms with van der Waals surface area (Å²) in [6.07, 6.45) is 3.48. The number of esters is 1. The Labute approximate surface area is 193 Å². The summed E-state index contributed by atoms with van der Waals surface area (Å²) in [7, 11) is 1.68. The second-order valence-electron chi connectivity index (χ2n) is 8.31. The molecule has 1 aromatic rings. The molecule has 0 bridgehead atoms. The summed E-state index contributed by atoms with van der Waals surface area (Å²) < 4.78 is 6.08. The van der Waals surface area contributed by atoms with Crippen LogP contribution >= 0.6 is 23.5 Å². The Morgan fingerprint density at radius 3 is 2.26 bits per heavy atom. The lowest BCUT2D eigenvalue weighted by Gasteiger charge is -2.27. The van der Waals surface area contributed by atoms with Crippen molar-refractivity contribution in [2.45, 2.75) is 57.8 Å². The summed E-state index contributed by atoms with van der Waals surface area (Å²) >= 11 is 2.78. The van der Waals surface area contributed by atoms with Gasteiger partial charge < -0.3 is 9.64 Å². The molecule has 3 amide bonds. The highest BCUT2D eigenvalue weighted by molar-refractivity contribution is 8.38. The third-order valence-corrected chi connectivity index (χ3v) is 6.82. The molecule has 170 valence electrons. The molecule has 31 heavy (non-hydrogen) atoms. The van der Waals surface area contributed by atoms with Gasteiger partial charge in [0.25, 0.3) is 5.91 Å². The van der Waals surface area contributed by atoms with Gasteiger partial charge in [0, 0.05) is 7.05 Å². The fraction of sp³-hybridized carbons (Fsp3) is 0.545. The normalized spacial score (nSPS) is 19.9. The number of aliphatic imine (C=N–C) groups is 1. The van der Waals surface area contributed by atoms with E-state index in [1.807, 2.05) is 49.8 Å². The molecule has 0 spiro atoms. The second-order valence-corrected chi connectivity index (χ2v) is 10.2. The monoisotopic (exact) mass is 465 g/mol. The number of carbonyl (C=O) groups excluding carboxylic acids is 3. The van der Waals surface area contributed by atoms with Gasteiger partial charge in [-0.2, -0.15) is 0 Å². The van der Waals surface area contributed by atoms with Crippen LogP contribution in [0.4, 0.5) is 4.79 Å². The average molecular weight is 466 g/mol. The van der Waals surface area contributed by atoms with E-state index < -0.39 is 35.6 Å². The lowest BCUT2D eigenvalue weighted by Crippen LogP contribution is -2.43. The number of thioether (sulfide) groups is 2. The Kier molecular flexibility index (Phi) is 8.59. The first-order chi connectivity index (χ1) is 14.5. The van der Waals surface area contributed by atoms with E-state index >= 15 is 0 Å². The van der Waals surface area contributed by atoms with E-state index in [4.69, 9.17) is 4.74 Å². The van der Waals surface area contributed by atoms with Gasteiger partial charge in [0.05, 0.1) is 18.5 Å². The zero-order valence-electron chi connectivity index (χ0n) is 19.1. The molecule has 1 aliphatic heterocycles. The van der Waals surface area contributed by atoms with Crippen molar-refractivity contribution in [3.05, 3.63) is 35.9 Å². The van der Waals surface area contributed by atoms with Gasteiger partial charge >= 0.3 is 12.0 Å². The summed E-state index contributed by atoms with van der Waals surface area (Å²) in [6, 6.07) is 7.32. The van der Waals surface area contributed by atoms with Crippen LogP contribution in [0.25, 0.3) is 0 Å². The number of hydrogen-bond acceptors (Lipinski definition) is 7. The van der Waals surface area contributed by atoms with E-state index in [1.165, 1.54) is 28.4 Å². The van der Waals surface area contributed by atoms with Gasteiger partial charge in [0.1, 0.15) is 16.0 Å². The molecule has 2 rings (SSSR count). The smallest absolute Gasteiger partial charge is 0.327 e. The van der Waals surface area contributed by atoms with Crippen LogP contribution in [0, 0.1) is 0 Å². The van der Waals surface area contributed by atoms with E-state index in [0.29, 0.717) is 4.38 Å². The zero-order chi connectivity index (χ0) is 23.3. The summed E-state index contributed by atoms with van der Waals surface area (Å²) in [5, 5.41) is 0. The molecule has 1 aromatic carbocycles. The molecule has 1 saturated heterocycles. The number of urea groups is 1. The third-order valence-electron chi connectivity index (χ3n) is 4.91. The van der Waals surface area contributed by atoms with Crippen LogP contribution in [-0.4, -0.2) is 69.3 Å². The standard InChI is InChI=1S/C22H31N3O4S2/c1-14-18(15-11-9-8-10-12-15)25(21(28)24(14)5)19(27)16(23-20(30-6)31-7)13-17(26)29-22(2,3)4/h8-12,14,16,18H,13H2,1-7H3/t14-,16-,18-/m0/s1. The SMILES string of the molecule is CSC(=N[C@@H](CC(=O)OC(C)(C)C)C(=O)N1C(=O)N(C)[C@@H](C)[C@H]1c1ccccc1)SC. The van der Waals surface area contributed by atoms with Crippen LogP contribution in [0.2, 0.25) is 0 Å². The van der Waals surface area contributed by atoms with Crippen molar-refractivity contribution in [2.24, 2.45) is 4.99 Å². The molecule has 0 N–H and O–H groups in total. The first kappa shape index (κ1) is 25.3. The minimum atomic E-state index is -1.04. The molecular weight excluding hydrogens is 434 g/mol. The van der Waals surface area contributed by atoms with Gasteiger partial charge in [-0.1, -0.05) is 30.3 Å². The quantitative estimate of drug-likeness (QED) is 0.369. The highest BCUT2D eigenvalue weighted by Gasteiger charge is 2.47. The predicted molar refractivity (Wildman–Crippen MR) is 127 cm³/mol. The van der Waals surface area contributed by atoms with Crippen LogP contribution in [0.3, 0.4) is 0 Å². The van der Waals surface area contributed by atoms with Crippen molar-refractivity contribution in [3.8, 4) is 0 Å². The van der Waals surface area contributed by atoms with Gasteiger partial charge in [0.15, 0.2) is 0 Å². The Morgan fingerprint density at radius 2 is 1.74 bits per heavy atom. The summed E-state index contributed by atoms with van der Waals surface area (Å²) in [5.41, 5.74) is 0.178. The average Bonchev–Trinajstić information content (AvgIpc) is 2.93. The van der Waals surface area contributed by atoms with Gasteiger partial charge in [-0.3, -0.25) is 19.5 Å². The fourth-order valence-corrected chi connectivity index (χ4v) is 4.54. The number of likely N-dealkylation sites (N-methyl/N-ethyl adjacent to an activating group) is 1. The van der Waals surface area contributed by atoms with Crippen molar-refractivity contribution in [2.75, 3.05) is 19.6 Å². The first-order valence-corrected chi connectivity index (χ1v) is 12.5. The fourth-order valence-electron chi connectivity index (χ4n) is 3.41. The summed E-state index contributed by atoms with van der Waals surface area (Å²) in [5.74, 6) is -1.03. The maximum Gasteiger partial charge on any atom is 0.327 e. The Hall–Kier alpha value is -2.00. The summed E-state index contributed by atoms with van der Waals surface area (Å²) in [6.45, 7) is 7.22. The molecule has 1 fully saturated rings. The number of ether oxygens (including phenoxy) is 1. The third kappa shape index (κ3) is 6.26. The van der Waals surface area contributed by atoms with Crippen molar-refractivity contribution < 1.29 is 19.1 Å². The van der Waals surface area contributed by atoms with E-state index in [1.54, 1.807) is 32.7 Å². The minimum Gasteiger partial charge on any atom is -0.460 e. The number of amides is 3. The second kappa shape index (κ2) is 10.5. The number of carbonyl (C=O) groups is 3. The van der Waals surface area contributed by atoms with E-state index in [0.717, 1.165) is 5.56 Å². The molecule has 9 heteroatoms. The highest BCUT2D eigenvalue weighted by atomic mass is 32.2. The number of imide groups is 1. The predicted octanol–water partition coefficient (Wildman–Crippen LogP) is 4.19. The van der Waals surface area contributed by atoms with E-state index in [9.17, 15) is 14.4 Å². The Bertz CT molecular complexity index is 833.